The summed E-state index contributed by atoms with van der Waals surface area (Å²) in [5, 5.41) is 13.1. The number of phenolic OH excluding ortho intramolecular Hbond substituents is 1. The maximum absolute atomic E-state index is 13.0. The summed E-state index contributed by atoms with van der Waals surface area (Å²) in [5.41, 5.74) is 2.80. The zero-order valence-corrected chi connectivity index (χ0v) is 15.4. The average molecular weight is 360 g/mol. The van der Waals surface area contributed by atoms with Crippen molar-refractivity contribution in [2.75, 3.05) is 0 Å². The minimum absolute atomic E-state index is 0.137. The third kappa shape index (κ3) is 4.88. The molecule has 1 atom stereocenters. The van der Waals surface area contributed by atoms with Gasteiger partial charge in [-0.1, -0.05) is 78.9 Å². The van der Waals surface area contributed by atoms with Crippen molar-refractivity contribution < 1.29 is 9.90 Å². The van der Waals surface area contributed by atoms with Crippen LogP contribution in [0.1, 0.15) is 29.7 Å². The smallest absolute Gasteiger partial charge is 0.318 e. The number of hydrogen-bond acceptors (Lipinski definition) is 2. The maximum atomic E-state index is 13.0. The summed E-state index contributed by atoms with van der Waals surface area (Å²) in [6.45, 7) is 2.78. The Bertz CT molecular complexity index is 866. The first-order valence-electron chi connectivity index (χ1n) is 9.05. The number of phenols is 1. The molecule has 0 fully saturated rings. The minimum atomic E-state index is -0.168. The molecule has 3 aromatic rings. The Morgan fingerprint density at radius 2 is 1.52 bits per heavy atom. The summed E-state index contributed by atoms with van der Waals surface area (Å²) in [7, 11) is 0. The molecule has 0 saturated carbocycles. The first-order valence-corrected chi connectivity index (χ1v) is 9.05. The van der Waals surface area contributed by atoms with Gasteiger partial charge in [-0.25, -0.2) is 4.79 Å². The van der Waals surface area contributed by atoms with Gasteiger partial charge in [0.15, 0.2) is 0 Å². The third-order valence-electron chi connectivity index (χ3n) is 4.63. The summed E-state index contributed by atoms with van der Waals surface area (Å²) in [6, 6.07) is 26.5. The standard InChI is InChI=1S/C23H24N2O2/c1-18(20-12-6-3-7-13-20)25(17-21-14-8-9-15-22(21)26)23(27)24-16-19-10-4-2-5-11-19/h2-15,18,26H,16-17H2,1H3,(H,24,27)/t18-/m0/s1. The van der Waals surface area contributed by atoms with E-state index in [1.54, 1.807) is 17.0 Å². The fourth-order valence-corrected chi connectivity index (χ4v) is 3.00. The molecule has 2 N–H and O–H groups in total. The molecule has 2 amide bonds. The highest BCUT2D eigenvalue weighted by Gasteiger charge is 2.22. The van der Waals surface area contributed by atoms with Gasteiger partial charge in [-0.15, -0.1) is 0 Å². The van der Waals surface area contributed by atoms with Crippen molar-refractivity contribution in [1.29, 1.82) is 0 Å². The van der Waals surface area contributed by atoms with Gasteiger partial charge in [0.05, 0.1) is 12.6 Å². The fourth-order valence-electron chi connectivity index (χ4n) is 3.00. The predicted octanol–water partition coefficient (Wildman–Crippen LogP) is 4.87. The van der Waals surface area contributed by atoms with E-state index in [9.17, 15) is 9.90 Å². The second-order valence-electron chi connectivity index (χ2n) is 6.49. The van der Waals surface area contributed by atoms with Crippen LogP contribution in [-0.4, -0.2) is 16.0 Å². The average Bonchev–Trinajstić information content (AvgIpc) is 2.72. The van der Waals surface area contributed by atoms with Crippen molar-refractivity contribution in [3.63, 3.8) is 0 Å². The van der Waals surface area contributed by atoms with Crippen LogP contribution in [0.2, 0.25) is 0 Å². The van der Waals surface area contributed by atoms with Crippen LogP contribution in [0.5, 0.6) is 5.75 Å². The Kier molecular flexibility index (Phi) is 6.10. The Hall–Kier alpha value is -3.27. The molecule has 0 unspecified atom stereocenters. The normalized spacial score (nSPS) is 11.6. The molecular weight excluding hydrogens is 336 g/mol. The molecule has 0 aliphatic carbocycles. The van der Waals surface area contributed by atoms with Crippen molar-refractivity contribution >= 4 is 6.03 Å². The zero-order chi connectivity index (χ0) is 19.1. The van der Waals surface area contributed by atoms with E-state index in [0.29, 0.717) is 13.1 Å². The van der Waals surface area contributed by atoms with Gasteiger partial charge in [0.25, 0.3) is 0 Å². The Morgan fingerprint density at radius 1 is 0.926 bits per heavy atom. The monoisotopic (exact) mass is 360 g/mol. The number of benzene rings is 3. The number of amides is 2. The number of rotatable bonds is 6. The third-order valence-corrected chi connectivity index (χ3v) is 4.63. The van der Waals surface area contributed by atoms with Crippen molar-refractivity contribution in [2.24, 2.45) is 0 Å². The minimum Gasteiger partial charge on any atom is -0.508 e. The topological polar surface area (TPSA) is 52.6 Å². The highest BCUT2D eigenvalue weighted by Crippen LogP contribution is 2.25. The Labute approximate surface area is 160 Å². The zero-order valence-electron chi connectivity index (χ0n) is 15.4. The number of carbonyl (C=O) groups is 1. The predicted molar refractivity (Wildman–Crippen MR) is 107 cm³/mol. The van der Waals surface area contributed by atoms with E-state index in [0.717, 1.165) is 16.7 Å². The molecule has 3 rings (SSSR count). The van der Waals surface area contributed by atoms with Gasteiger partial charge in [-0.05, 0) is 24.1 Å². The second-order valence-corrected chi connectivity index (χ2v) is 6.49. The second kappa shape index (κ2) is 8.90. The lowest BCUT2D eigenvalue weighted by Gasteiger charge is -2.30. The van der Waals surface area contributed by atoms with Gasteiger partial charge in [0, 0.05) is 12.1 Å². The van der Waals surface area contributed by atoms with Gasteiger partial charge < -0.3 is 15.3 Å². The fraction of sp³-hybridized carbons (Fsp3) is 0.174. The number of carbonyl (C=O) groups excluding carboxylic acids is 1. The lowest BCUT2D eigenvalue weighted by Crippen LogP contribution is -2.40. The first-order chi connectivity index (χ1) is 13.1. The lowest BCUT2D eigenvalue weighted by molar-refractivity contribution is 0.174. The van der Waals surface area contributed by atoms with E-state index in [1.165, 1.54) is 0 Å². The van der Waals surface area contributed by atoms with Crippen LogP contribution in [0.3, 0.4) is 0 Å². The van der Waals surface area contributed by atoms with E-state index in [2.05, 4.69) is 5.32 Å². The van der Waals surface area contributed by atoms with Gasteiger partial charge in [0.1, 0.15) is 5.75 Å². The van der Waals surface area contributed by atoms with E-state index in [4.69, 9.17) is 0 Å². The number of para-hydroxylation sites is 1. The van der Waals surface area contributed by atoms with E-state index in [-0.39, 0.29) is 17.8 Å². The largest absolute Gasteiger partial charge is 0.508 e. The summed E-state index contributed by atoms with van der Waals surface area (Å²) >= 11 is 0. The molecule has 0 heterocycles. The number of hydrogen-bond donors (Lipinski definition) is 2. The van der Waals surface area contributed by atoms with Crippen molar-refractivity contribution in [3.8, 4) is 5.75 Å². The maximum Gasteiger partial charge on any atom is 0.318 e. The lowest BCUT2D eigenvalue weighted by atomic mass is 10.1. The van der Waals surface area contributed by atoms with Crippen LogP contribution in [0.4, 0.5) is 4.79 Å². The first kappa shape index (κ1) is 18.5. The summed E-state index contributed by atoms with van der Waals surface area (Å²) in [5.74, 6) is 0.193. The van der Waals surface area contributed by atoms with Crippen LogP contribution < -0.4 is 5.32 Å². The molecule has 27 heavy (non-hydrogen) atoms. The van der Waals surface area contributed by atoms with Crippen molar-refractivity contribution in [2.45, 2.75) is 26.1 Å². The Morgan fingerprint density at radius 3 is 2.19 bits per heavy atom. The SMILES string of the molecule is C[C@@H](c1ccccc1)N(Cc1ccccc1O)C(=O)NCc1ccccc1. The number of nitrogens with zero attached hydrogens (tertiary/aromatic N) is 1. The number of urea groups is 1. The summed E-state index contributed by atoms with van der Waals surface area (Å²) in [6.07, 6.45) is 0. The summed E-state index contributed by atoms with van der Waals surface area (Å²) in [4.78, 5) is 14.7. The molecule has 0 spiro atoms. The van der Waals surface area contributed by atoms with Gasteiger partial charge in [-0.3, -0.25) is 0 Å². The molecule has 0 saturated heterocycles. The van der Waals surface area contributed by atoms with E-state index < -0.39 is 0 Å². The highest BCUT2D eigenvalue weighted by atomic mass is 16.3. The molecular formula is C23H24N2O2. The molecule has 0 aliphatic rings. The molecule has 4 nitrogen and oxygen atoms in total. The van der Waals surface area contributed by atoms with E-state index >= 15 is 0 Å². The van der Waals surface area contributed by atoms with Crippen LogP contribution >= 0.6 is 0 Å². The van der Waals surface area contributed by atoms with Gasteiger partial charge in [-0.2, -0.15) is 0 Å². The molecule has 138 valence electrons. The molecule has 0 aliphatic heterocycles. The molecule has 0 bridgehead atoms. The number of aromatic hydroxyl groups is 1. The summed E-state index contributed by atoms with van der Waals surface area (Å²) < 4.78 is 0. The molecule has 0 radical (unpaired) electrons. The van der Waals surface area contributed by atoms with Crippen LogP contribution in [-0.2, 0) is 13.1 Å². The van der Waals surface area contributed by atoms with Crippen molar-refractivity contribution in [3.05, 3.63) is 102 Å². The molecule has 0 aromatic heterocycles. The van der Waals surface area contributed by atoms with Gasteiger partial charge in [0.2, 0.25) is 0 Å². The highest BCUT2D eigenvalue weighted by molar-refractivity contribution is 5.75. The molecule has 3 aromatic carbocycles. The van der Waals surface area contributed by atoms with Gasteiger partial charge >= 0.3 is 6.03 Å². The van der Waals surface area contributed by atoms with E-state index in [1.807, 2.05) is 79.7 Å². The van der Waals surface area contributed by atoms with Crippen LogP contribution in [0, 0.1) is 0 Å². The van der Waals surface area contributed by atoms with Crippen LogP contribution in [0.15, 0.2) is 84.9 Å². The molecule has 4 heteroatoms. The number of nitrogens with one attached hydrogen (secondary N) is 1. The van der Waals surface area contributed by atoms with Crippen LogP contribution in [0.25, 0.3) is 0 Å². The Balaban J connectivity index is 1.80. The quantitative estimate of drug-likeness (QED) is 0.659. The van der Waals surface area contributed by atoms with Crippen molar-refractivity contribution in [1.82, 2.24) is 10.2 Å².